The van der Waals surface area contributed by atoms with Gasteiger partial charge in [-0.15, -0.1) is 0 Å². The van der Waals surface area contributed by atoms with Crippen LogP contribution in [0, 0.1) is 5.92 Å². The minimum absolute atomic E-state index is 0.112. The van der Waals surface area contributed by atoms with Gasteiger partial charge in [0.05, 0.1) is 12.2 Å². The van der Waals surface area contributed by atoms with Crippen LogP contribution < -0.4 is 4.74 Å². The molecule has 1 fully saturated rings. The Morgan fingerprint density at radius 2 is 1.64 bits per heavy atom. The van der Waals surface area contributed by atoms with E-state index < -0.39 is 11.7 Å². The van der Waals surface area contributed by atoms with Crippen LogP contribution in [0.5, 0.6) is 5.75 Å². The zero-order chi connectivity index (χ0) is 20.1. The Morgan fingerprint density at radius 1 is 1.04 bits per heavy atom. The van der Waals surface area contributed by atoms with Crippen LogP contribution in [0.3, 0.4) is 0 Å². The Labute approximate surface area is 163 Å². The highest BCUT2D eigenvalue weighted by Gasteiger charge is 2.33. The minimum Gasteiger partial charge on any atom is -0.485 e. The number of hydrogen-bond donors (Lipinski definition) is 1. The summed E-state index contributed by atoms with van der Waals surface area (Å²) in [5, 5.41) is 9.37. The Bertz CT molecular complexity index is 726. The molecule has 0 bridgehead atoms. The average molecular weight is 393 g/mol. The molecule has 6 heteroatoms. The number of hydrogen-bond acceptors (Lipinski definition) is 3. The molecule has 0 radical (unpaired) electrons. The molecule has 1 N–H and O–H groups in total. The van der Waals surface area contributed by atoms with Gasteiger partial charge >= 0.3 is 6.18 Å². The second-order valence-corrected chi connectivity index (χ2v) is 7.38. The molecule has 0 aliphatic carbocycles. The largest absolute Gasteiger partial charge is 0.485 e. The van der Waals surface area contributed by atoms with E-state index in [-0.39, 0.29) is 24.7 Å². The first-order chi connectivity index (χ1) is 13.4. The predicted molar refractivity (Wildman–Crippen MR) is 102 cm³/mol. The van der Waals surface area contributed by atoms with Crippen LogP contribution in [-0.4, -0.2) is 35.7 Å². The number of rotatable bonds is 6. The van der Waals surface area contributed by atoms with Gasteiger partial charge in [0.25, 0.3) is 0 Å². The number of halogens is 3. The summed E-state index contributed by atoms with van der Waals surface area (Å²) in [5.74, 6) is 0.901. The molecule has 1 aliphatic rings. The number of aliphatic hydroxyl groups is 1. The molecule has 2 aromatic carbocycles. The highest BCUT2D eigenvalue weighted by Crippen LogP contribution is 2.37. The molecule has 3 rings (SSSR count). The normalized spacial score (nSPS) is 18.6. The van der Waals surface area contributed by atoms with E-state index in [0.717, 1.165) is 43.6 Å². The van der Waals surface area contributed by atoms with Crippen LogP contribution in [-0.2, 0) is 6.18 Å². The van der Waals surface area contributed by atoms with E-state index in [0.29, 0.717) is 5.75 Å². The lowest BCUT2D eigenvalue weighted by molar-refractivity contribution is -0.137. The third-order valence-corrected chi connectivity index (χ3v) is 5.46. The van der Waals surface area contributed by atoms with Crippen molar-refractivity contribution in [3.63, 3.8) is 0 Å². The smallest absolute Gasteiger partial charge is 0.416 e. The van der Waals surface area contributed by atoms with E-state index >= 15 is 0 Å². The highest BCUT2D eigenvalue weighted by atomic mass is 19.4. The van der Waals surface area contributed by atoms with Crippen LogP contribution in [0.4, 0.5) is 13.2 Å². The van der Waals surface area contributed by atoms with Crippen LogP contribution in [0.1, 0.15) is 37.0 Å². The molecule has 1 unspecified atom stereocenters. The SMILES string of the molecule is CC(CO)N1CCC([C@@H](Oc2ccccc2)c2ccc(C(F)(F)F)cc2)CC1. The number of benzene rings is 2. The molecule has 1 aliphatic heterocycles. The Hall–Kier alpha value is -2.05. The van der Waals surface area contributed by atoms with Gasteiger partial charge < -0.3 is 9.84 Å². The molecule has 1 saturated heterocycles. The van der Waals surface area contributed by atoms with Crippen LogP contribution >= 0.6 is 0 Å². The lowest BCUT2D eigenvalue weighted by atomic mass is 9.86. The Kier molecular flexibility index (Phi) is 6.62. The average Bonchev–Trinajstić information content (AvgIpc) is 2.72. The fraction of sp³-hybridized carbons (Fsp3) is 0.455. The standard InChI is InChI=1S/C22H26F3NO2/c1-16(15-27)26-13-11-18(12-14-26)21(28-20-5-3-2-4-6-20)17-7-9-19(10-8-17)22(23,24)25/h2-10,16,18,21,27H,11-15H2,1H3/t16?,21-/m0/s1. The Balaban J connectivity index is 1.80. The molecular weight excluding hydrogens is 367 g/mol. The molecule has 0 aromatic heterocycles. The lowest BCUT2D eigenvalue weighted by Gasteiger charge is -2.38. The number of likely N-dealkylation sites (tertiary alicyclic amines) is 1. The number of para-hydroxylation sites is 1. The van der Waals surface area contributed by atoms with Crippen molar-refractivity contribution in [1.29, 1.82) is 0 Å². The maximum atomic E-state index is 12.9. The second-order valence-electron chi connectivity index (χ2n) is 7.38. The summed E-state index contributed by atoms with van der Waals surface area (Å²) in [6.45, 7) is 3.78. The lowest BCUT2D eigenvalue weighted by Crippen LogP contribution is -2.43. The van der Waals surface area contributed by atoms with Gasteiger partial charge in [-0.3, -0.25) is 4.90 Å². The fourth-order valence-electron chi connectivity index (χ4n) is 3.72. The van der Waals surface area contributed by atoms with Gasteiger partial charge in [0.1, 0.15) is 11.9 Å². The fourth-order valence-corrected chi connectivity index (χ4v) is 3.72. The van der Waals surface area contributed by atoms with Gasteiger partial charge in [-0.1, -0.05) is 30.3 Å². The van der Waals surface area contributed by atoms with Crippen molar-refractivity contribution in [3.05, 3.63) is 65.7 Å². The summed E-state index contributed by atoms with van der Waals surface area (Å²) in [7, 11) is 0. The van der Waals surface area contributed by atoms with Crippen molar-refractivity contribution in [2.24, 2.45) is 5.92 Å². The monoisotopic (exact) mass is 393 g/mol. The summed E-state index contributed by atoms with van der Waals surface area (Å²) in [4.78, 5) is 2.24. The third kappa shape index (κ3) is 5.06. The predicted octanol–water partition coefficient (Wildman–Crippen LogP) is 4.92. The molecule has 2 atom stereocenters. The highest BCUT2D eigenvalue weighted by molar-refractivity contribution is 5.29. The van der Waals surface area contributed by atoms with Gasteiger partial charge in [0, 0.05) is 12.0 Å². The molecule has 152 valence electrons. The maximum absolute atomic E-state index is 12.9. The third-order valence-electron chi connectivity index (χ3n) is 5.46. The molecule has 1 heterocycles. The molecule has 3 nitrogen and oxygen atoms in total. The van der Waals surface area contributed by atoms with Crippen molar-refractivity contribution < 1.29 is 23.0 Å². The summed E-state index contributed by atoms with van der Waals surface area (Å²) in [5.41, 5.74) is 0.104. The number of nitrogens with zero attached hydrogens (tertiary/aromatic N) is 1. The first-order valence-corrected chi connectivity index (χ1v) is 9.62. The molecule has 0 amide bonds. The topological polar surface area (TPSA) is 32.7 Å². The number of ether oxygens (including phenoxy) is 1. The van der Waals surface area contributed by atoms with Gasteiger partial charge in [0.15, 0.2) is 0 Å². The van der Waals surface area contributed by atoms with E-state index in [1.807, 2.05) is 37.3 Å². The first kappa shape index (κ1) is 20.7. The van der Waals surface area contributed by atoms with Crippen LogP contribution in [0.15, 0.2) is 54.6 Å². The molecule has 0 saturated carbocycles. The van der Waals surface area contributed by atoms with Gasteiger partial charge in [-0.25, -0.2) is 0 Å². The van der Waals surface area contributed by atoms with Crippen molar-refractivity contribution in [3.8, 4) is 5.75 Å². The summed E-state index contributed by atoms with van der Waals surface area (Å²) >= 11 is 0. The van der Waals surface area contributed by atoms with Crippen molar-refractivity contribution >= 4 is 0 Å². The van der Waals surface area contributed by atoms with Gasteiger partial charge in [-0.2, -0.15) is 13.2 Å². The minimum atomic E-state index is -4.35. The quantitative estimate of drug-likeness (QED) is 0.756. The van der Waals surface area contributed by atoms with Crippen molar-refractivity contribution in [2.45, 2.75) is 38.1 Å². The van der Waals surface area contributed by atoms with Crippen molar-refractivity contribution in [1.82, 2.24) is 4.90 Å². The zero-order valence-corrected chi connectivity index (χ0v) is 15.9. The number of aliphatic hydroxyl groups excluding tert-OH is 1. The van der Waals surface area contributed by atoms with Gasteiger partial charge in [0.2, 0.25) is 0 Å². The van der Waals surface area contributed by atoms with Crippen LogP contribution in [0.25, 0.3) is 0 Å². The maximum Gasteiger partial charge on any atom is 0.416 e. The number of alkyl halides is 3. The van der Waals surface area contributed by atoms with E-state index in [9.17, 15) is 18.3 Å². The van der Waals surface area contributed by atoms with Crippen LogP contribution in [0.2, 0.25) is 0 Å². The molecule has 0 spiro atoms. The van der Waals surface area contributed by atoms with E-state index in [1.165, 1.54) is 12.1 Å². The van der Waals surface area contributed by atoms with Gasteiger partial charge in [-0.05, 0) is 62.7 Å². The summed E-state index contributed by atoms with van der Waals surface area (Å²) in [6, 6.07) is 14.8. The van der Waals surface area contributed by atoms with E-state index in [4.69, 9.17) is 4.74 Å². The van der Waals surface area contributed by atoms with E-state index in [2.05, 4.69) is 4.90 Å². The summed E-state index contributed by atoms with van der Waals surface area (Å²) in [6.07, 6.45) is -2.93. The summed E-state index contributed by atoms with van der Waals surface area (Å²) < 4.78 is 45.0. The molecule has 28 heavy (non-hydrogen) atoms. The van der Waals surface area contributed by atoms with Crippen molar-refractivity contribution in [2.75, 3.05) is 19.7 Å². The van der Waals surface area contributed by atoms with E-state index in [1.54, 1.807) is 0 Å². The second kappa shape index (κ2) is 8.97. The molecular formula is C22H26F3NO2. The molecule has 2 aromatic rings. The first-order valence-electron chi connectivity index (χ1n) is 9.62. The Morgan fingerprint density at radius 3 is 2.18 bits per heavy atom. The number of piperidine rings is 1. The zero-order valence-electron chi connectivity index (χ0n) is 15.9.